The summed E-state index contributed by atoms with van der Waals surface area (Å²) in [4.78, 5) is 3.98. The van der Waals surface area contributed by atoms with Crippen LogP contribution in [-0.4, -0.2) is 10.1 Å². The van der Waals surface area contributed by atoms with Gasteiger partial charge < -0.3 is 5.11 Å². The van der Waals surface area contributed by atoms with E-state index in [1.54, 1.807) is 19.3 Å². The summed E-state index contributed by atoms with van der Waals surface area (Å²) in [5.74, 6) is 0. The van der Waals surface area contributed by atoms with Crippen LogP contribution in [0.25, 0.3) is 11.1 Å². The number of rotatable bonds is 2. The quantitative estimate of drug-likeness (QED) is 0.806. The Hall–Kier alpha value is -1.67. The van der Waals surface area contributed by atoms with Gasteiger partial charge in [0.15, 0.2) is 0 Å². The molecule has 0 amide bonds. The van der Waals surface area contributed by atoms with Crippen LogP contribution in [0.4, 0.5) is 0 Å². The third-order valence-electron chi connectivity index (χ3n) is 2.41. The fraction of sp³-hybridized carbons (Fsp3) is 0.154. The van der Waals surface area contributed by atoms with Crippen molar-refractivity contribution < 1.29 is 5.11 Å². The van der Waals surface area contributed by atoms with Gasteiger partial charge in [-0.05, 0) is 35.7 Å². The van der Waals surface area contributed by atoms with Crippen molar-refractivity contribution in [3.63, 3.8) is 0 Å². The van der Waals surface area contributed by atoms with Crippen LogP contribution in [-0.2, 0) is 0 Å². The van der Waals surface area contributed by atoms with Crippen molar-refractivity contribution in [1.29, 1.82) is 0 Å². The third kappa shape index (κ3) is 2.22. The van der Waals surface area contributed by atoms with Crippen molar-refractivity contribution in [2.45, 2.75) is 13.0 Å². The normalized spacial score (nSPS) is 12.4. The molecule has 0 spiro atoms. The first-order chi connectivity index (χ1) is 7.27. The fourth-order valence-electron chi connectivity index (χ4n) is 1.50. The summed E-state index contributed by atoms with van der Waals surface area (Å²) in [5, 5.41) is 9.38. The van der Waals surface area contributed by atoms with Gasteiger partial charge >= 0.3 is 0 Å². The molecule has 1 N–H and O–H groups in total. The molecule has 1 unspecified atom stereocenters. The number of hydrogen-bond acceptors (Lipinski definition) is 2. The van der Waals surface area contributed by atoms with Crippen molar-refractivity contribution in [1.82, 2.24) is 4.98 Å². The molecule has 76 valence electrons. The highest BCUT2D eigenvalue weighted by Crippen LogP contribution is 2.20. The Kier molecular flexibility index (Phi) is 2.79. The number of aliphatic hydroxyl groups excluding tert-OH is 1. The zero-order valence-electron chi connectivity index (χ0n) is 8.59. The van der Waals surface area contributed by atoms with E-state index < -0.39 is 6.10 Å². The van der Waals surface area contributed by atoms with Gasteiger partial charge in [-0.3, -0.25) is 4.98 Å². The Morgan fingerprint density at radius 1 is 0.933 bits per heavy atom. The van der Waals surface area contributed by atoms with E-state index in [2.05, 4.69) is 4.98 Å². The largest absolute Gasteiger partial charge is 0.389 e. The maximum atomic E-state index is 9.38. The first kappa shape index (κ1) is 9.87. The summed E-state index contributed by atoms with van der Waals surface area (Å²) < 4.78 is 0. The van der Waals surface area contributed by atoms with Crippen LogP contribution in [0.5, 0.6) is 0 Å². The molecule has 0 saturated carbocycles. The first-order valence-electron chi connectivity index (χ1n) is 4.96. The molecule has 0 aliphatic carbocycles. The monoisotopic (exact) mass is 199 g/mol. The van der Waals surface area contributed by atoms with Crippen LogP contribution in [0.2, 0.25) is 0 Å². The Morgan fingerprint density at radius 3 is 2.00 bits per heavy atom. The van der Waals surface area contributed by atoms with Crippen LogP contribution < -0.4 is 0 Å². The molecule has 1 heterocycles. The lowest BCUT2D eigenvalue weighted by atomic mass is 10.0. The summed E-state index contributed by atoms with van der Waals surface area (Å²) >= 11 is 0. The molecular formula is C13H13NO. The Bertz CT molecular complexity index is 420. The molecule has 0 bridgehead atoms. The summed E-state index contributed by atoms with van der Waals surface area (Å²) in [6.45, 7) is 1.77. The number of benzene rings is 1. The SMILES string of the molecule is CC(O)c1ccc(-c2ccncc2)cc1. The zero-order valence-corrected chi connectivity index (χ0v) is 8.59. The highest BCUT2D eigenvalue weighted by atomic mass is 16.3. The highest BCUT2D eigenvalue weighted by molar-refractivity contribution is 5.62. The predicted molar refractivity (Wildman–Crippen MR) is 60.3 cm³/mol. The number of aliphatic hydroxyl groups is 1. The van der Waals surface area contributed by atoms with E-state index in [0.29, 0.717) is 0 Å². The minimum atomic E-state index is -0.406. The number of aromatic nitrogens is 1. The van der Waals surface area contributed by atoms with Gasteiger partial charge in [-0.15, -0.1) is 0 Å². The van der Waals surface area contributed by atoms with E-state index in [9.17, 15) is 5.11 Å². The van der Waals surface area contributed by atoms with Crippen molar-refractivity contribution in [2.75, 3.05) is 0 Å². The average molecular weight is 199 g/mol. The van der Waals surface area contributed by atoms with Gasteiger partial charge in [-0.1, -0.05) is 24.3 Å². The van der Waals surface area contributed by atoms with E-state index in [0.717, 1.165) is 16.7 Å². The molecule has 2 rings (SSSR count). The number of hydrogen-bond donors (Lipinski definition) is 1. The lowest BCUT2D eigenvalue weighted by Crippen LogP contribution is -1.89. The lowest BCUT2D eigenvalue weighted by molar-refractivity contribution is 0.199. The van der Waals surface area contributed by atoms with Crippen LogP contribution in [0.15, 0.2) is 48.8 Å². The van der Waals surface area contributed by atoms with Crippen molar-refractivity contribution >= 4 is 0 Å². The maximum Gasteiger partial charge on any atom is 0.0761 e. The maximum absolute atomic E-state index is 9.38. The molecule has 0 aliphatic heterocycles. The van der Waals surface area contributed by atoms with E-state index in [-0.39, 0.29) is 0 Å². The van der Waals surface area contributed by atoms with Gasteiger partial charge in [-0.2, -0.15) is 0 Å². The van der Waals surface area contributed by atoms with Crippen LogP contribution >= 0.6 is 0 Å². The van der Waals surface area contributed by atoms with Gasteiger partial charge in [-0.25, -0.2) is 0 Å². The van der Waals surface area contributed by atoms with E-state index in [1.807, 2.05) is 36.4 Å². The second-order valence-corrected chi connectivity index (χ2v) is 3.53. The Morgan fingerprint density at radius 2 is 1.47 bits per heavy atom. The molecule has 1 aromatic heterocycles. The van der Waals surface area contributed by atoms with Crippen LogP contribution in [0.1, 0.15) is 18.6 Å². The average Bonchev–Trinajstić information content (AvgIpc) is 2.30. The molecule has 0 radical (unpaired) electrons. The van der Waals surface area contributed by atoms with Crippen molar-refractivity contribution in [3.8, 4) is 11.1 Å². The fourth-order valence-corrected chi connectivity index (χ4v) is 1.50. The molecule has 15 heavy (non-hydrogen) atoms. The minimum absolute atomic E-state index is 0.406. The molecule has 1 atom stereocenters. The molecule has 2 heteroatoms. The standard InChI is InChI=1S/C13H13NO/c1-10(15)11-2-4-12(5-3-11)13-6-8-14-9-7-13/h2-10,15H,1H3. The molecule has 0 fully saturated rings. The Balaban J connectivity index is 2.32. The van der Waals surface area contributed by atoms with E-state index in [4.69, 9.17) is 0 Å². The topological polar surface area (TPSA) is 33.1 Å². The van der Waals surface area contributed by atoms with Crippen LogP contribution in [0.3, 0.4) is 0 Å². The first-order valence-corrected chi connectivity index (χ1v) is 4.96. The summed E-state index contributed by atoms with van der Waals surface area (Å²) in [5.41, 5.74) is 3.22. The molecule has 1 aromatic carbocycles. The molecule has 0 saturated heterocycles. The second kappa shape index (κ2) is 4.24. The number of pyridine rings is 1. The Labute approximate surface area is 89.2 Å². The summed E-state index contributed by atoms with van der Waals surface area (Å²) in [7, 11) is 0. The summed E-state index contributed by atoms with van der Waals surface area (Å²) in [6.07, 6.45) is 3.15. The van der Waals surface area contributed by atoms with E-state index >= 15 is 0 Å². The molecule has 0 aliphatic rings. The van der Waals surface area contributed by atoms with Crippen molar-refractivity contribution in [2.24, 2.45) is 0 Å². The van der Waals surface area contributed by atoms with E-state index in [1.165, 1.54) is 0 Å². The summed E-state index contributed by atoms with van der Waals surface area (Å²) in [6, 6.07) is 11.9. The molecule has 2 aromatic rings. The van der Waals surface area contributed by atoms with Crippen LogP contribution in [0, 0.1) is 0 Å². The lowest BCUT2D eigenvalue weighted by Gasteiger charge is -2.06. The predicted octanol–water partition coefficient (Wildman–Crippen LogP) is 2.80. The van der Waals surface area contributed by atoms with Gasteiger partial charge in [0.05, 0.1) is 6.10 Å². The van der Waals surface area contributed by atoms with Crippen molar-refractivity contribution in [3.05, 3.63) is 54.4 Å². The highest BCUT2D eigenvalue weighted by Gasteiger charge is 2.01. The van der Waals surface area contributed by atoms with Gasteiger partial charge in [0.2, 0.25) is 0 Å². The third-order valence-corrected chi connectivity index (χ3v) is 2.41. The van der Waals surface area contributed by atoms with Gasteiger partial charge in [0, 0.05) is 12.4 Å². The minimum Gasteiger partial charge on any atom is -0.389 e. The molecule has 2 nitrogen and oxygen atoms in total. The smallest absolute Gasteiger partial charge is 0.0761 e. The second-order valence-electron chi connectivity index (χ2n) is 3.53. The zero-order chi connectivity index (χ0) is 10.7. The number of nitrogens with zero attached hydrogens (tertiary/aromatic N) is 1. The van der Waals surface area contributed by atoms with Gasteiger partial charge in [0.25, 0.3) is 0 Å². The van der Waals surface area contributed by atoms with Gasteiger partial charge in [0.1, 0.15) is 0 Å². The molecular weight excluding hydrogens is 186 g/mol.